The Kier molecular flexibility index (Phi) is 4.34. The monoisotopic (exact) mass is 298 g/mol. The van der Waals surface area contributed by atoms with E-state index in [-0.39, 0.29) is 5.91 Å². The maximum absolute atomic E-state index is 11.7. The molecule has 0 aliphatic carbocycles. The summed E-state index contributed by atoms with van der Waals surface area (Å²) < 4.78 is 0. The maximum atomic E-state index is 11.7. The summed E-state index contributed by atoms with van der Waals surface area (Å²) in [6, 6.07) is 7.53. The van der Waals surface area contributed by atoms with Gasteiger partial charge in [0.15, 0.2) is 0 Å². The van der Waals surface area contributed by atoms with Crippen molar-refractivity contribution in [1.82, 2.24) is 16.1 Å². The quantitative estimate of drug-likeness (QED) is 0.737. The van der Waals surface area contributed by atoms with E-state index in [1.54, 1.807) is 6.92 Å². The first-order chi connectivity index (χ1) is 9.04. The van der Waals surface area contributed by atoms with E-state index < -0.39 is 5.12 Å². The van der Waals surface area contributed by atoms with Crippen molar-refractivity contribution in [2.24, 2.45) is 5.10 Å². The largest absolute Gasteiger partial charge is 0.306 e. The van der Waals surface area contributed by atoms with Crippen LogP contribution in [0.3, 0.4) is 0 Å². The van der Waals surface area contributed by atoms with Crippen molar-refractivity contribution in [3.8, 4) is 0 Å². The Balaban J connectivity index is 2.04. The van der Waals surface area contributed by atoms with Gasteiger partial charge in [0.05, 0.1) is 0 Å². The van der Waals surface area contributed by atoms with Crippen LogP contribution < -0.4 is 16.1 Å². The first-order valence-electron chi connectivity index (χ1n) is 5.73. The van der Waals surface area contributed by atoms with Gasteiger partial charge in [-0.3, -0.25) is 15.5 Å². The average molecular weight is 299 g/mol. The lowest BCUT2D eigenvalue weighted by atomic mass is 10.2. The van der Waals surface area contributed by atoms with Crippen molar-refractivity contribution < 1.29 is 4.79 Å². The molecule has 1 amide bonds. The first kappa shape index (κ1) is 14.2. The Labute approximate surface area is 121 Å². The van der Waals surface area contributed by atoms with Crippen molar-refractivity contribution in [1.29, 1.82) is 0 Å². The number of hydrogen-bond donors (Lipinski definition) is 3. The summed E-state index contributed by atoms with van der Waals surface area (Å²) in [5.74, 6) is -0.184. The molecule has 0 unspecified atom stereocenters. The molecule has 0 saturated heterocycles. The second-order valence-corrected chi connectivity index (χ2v) is 5.59. The Bertz CT molecular complexity index is 505. The number of hydrazone groups is 1. The number of halogens is 1. The van der Waals surface area contributed by atoms with E-state index in [0.29, 0.717) is 17.3 Å². The molecule has 0 bridgehead atoms. The Morgan fingerprint density at radius 3 is 2.68 bits per heavy atom. The van der Waals surface area contributed by atoms with E-state index in [0.717, 1.165) is 5.56 Å². The van der Waals surface area contributed by atoms with Gasteiger partial charge in [-0.15, -0.1) is 0 Å². The third-order valence-electron chi connectivity index (χ3n) is 2.76. The van der Waals surface area contributed by atoms with E-state index in [4.69, 9.17) is 11.6 Å². The van der Waals surface area contributed by atoms with Gasteiger partial charge in [0, 0.05) is 11.6 Å². The zero-order valence-electron chi connectivity index (χ0n) is 10.7. The lowest BCUT2D eigenvalue weighted by molar-refractivity contribution is -0.117. The molecular weight excluding hydrogens is 284 g/mol. The second-order valence-electron chi connectivity index (χ2n) is 4.13. The number of benzene rings is 1. The van der Waals surface area contributed by atoms with Crippen molar-refractivity contribution in [2.45, 2.75) is 18.6 Å². The molecule has 1 aliphatic heterocycles. The van der Waals surface area contributed by atoms with Crippen LogP contribution in [0.4, 0.5) is 0 Å². The third-order valence-corrected chi connectivity index (χ3v) is 3.96. The van der Waals surface area contributed by atoms with Crippen molar-refractivity contribution in [3.63, 3.8) is 0 Å². The second kappa shape index (κ2) is 5.81. The molecular formula is C12H15ClN4OS. The number of nitrogens with zero attached hydrogens (tertiary/aromatic N) is 1. The number of thioether (sulfide) groups is 1. The highest BCUT2D eigenvalue weighted by atomic mass is 35.5. The molecule has 1 aromatic rings. The van der Waals surface area contributed by atoms with Crippen LogP contribution in [-0.4, -0.2) is 23.0 Å². The fraction of sp³-hybridized carbons (Fsp3) is 0.333. The topological polar surface area (TPSA) is 65.5 Å². The van der Waals surface area contributed by atoms with Crippen molar-refractivity contribution >= 4 is 35.0 Å². The summed E-state index contributed by atoms with van der Waals surface area (Å²) in [4.78, 5) is 11.7. The number of rotatable bonds is 4. The number of nitrogens with one attached hydrogen (secondary N) is 3. The number of hydrogen-bond acceptors (Lipinski definition) is 5. The minimum Gasteiger partial charge on any atom is -0.306 e. The average Bonchev–Trinajstić information content (AvgIpc) is 2.42. The normalized spacial score (nSPS) is 22.5. The summed E-state index contributed by atoms with van der Waals surface area (Å²) in [5, 5.41) is 10.0. The molecule has 1 aliphatic rings. The van der Waals surface area contributed by atoms with Gasteiger partial charge in [-0.1, -0.05) is 35.5 Å². The Morgan fingerprint density at radius 2 is 2.11 bits per heavy atom. The SMILES string of the molecule is CS[C@@]1(NCc2ccc(Cl)cc2)NN=C(C)C(=O)N1. The van der Waals surface area contributed by atoms with Gasteiger partial charge in [-0.25, -0.2) is 0 Å². The molecule has 0 saturated carbocycles. The van der Waals surface area contributed by atoms with Crippen molar-refractivity contribution in [3.05, 3.63) is 34.9 Å². The van der Waals surface area contributed by atoms with Crippen molar-refractivity contribution in [2.75, 3.05) is 6.26 Å². The molecule has 0 aromatic heterocycles. The molecule has 0 fully saturated rings. The van der Waals surface area contributed by atoms with Crippen LogP contribution in [0.2, 0.25) is 5.02 Å². The van der Waals surface area contributed by atoms with Gasteiger partial charge in [0.1, 0.15) is 5.71 Å². The highest BCUT2D eigenvalue weighted by molar-refractivity contribution is 7.99. The molecule has 2 rings (SSSR count). The highest BCUT2D eigenvalue weighted by Crippen LogP contribution is 2.17. The number of amides is 1. The third kappa shape index (κ3) is 3.40. The Morgan fingerprint density at radius 1 is 1.42 bits per heavy atom. The van der Waals surface area contributed by atoms with Gasteiger partial charge in [0.2, 0.25) is 5.12 Å². The zero-order valence-corrected chi connectivity index (χ0v) is 12.2. The van der Waals surface area contributed by atoms with Gasteiger partial charge in [-0.05, 0) is 30.9 Å². The first-order valence-corrected chi connectivity index (χ1v) is 7.33. The molecule has 0 spiro atoms. The van der Waals surface area contributed by atoms with Crippen LogP contribution in [0, 0.1) is 0 Å². The van der Waals surface area contributed by atoms with Gasteiger partial charge < -0.3 is 5.32 Å². The summed E-state index contributed by atoms with van der Waals surface area (Å²) in [7, 11) is 0. The predicted octanol–water partition coefficient (Wildman–Crippen LogP) is 1.50. The molecule has 1 heterocycles. The summed E-state index contributed by atoms with van der Waals surface area (Å²) in [5.41, 5.74) is 4.41. The summed E-state index contributed by atoms with van der Waals surface area (Å²) >= 11 is 7.27. The molecule has 102 valence electrons. The maximum Gasteiger partial charge on any atom is 0.270 e. The fourth-order valence-electron chi connectivity index (χ4n) is 1.57. The van der Waals surface area contributed by atoms with Gasteiger partial charge >= 0.3 is 0 Å². The van der Waals surface area contributed by atoms with Gasteiger partial charge in [0.25, 0.3) is 5.91 Å². The predicted molar refractivity (Wildman–Crippen MR) is 78.9 cm³/mol. The lowest BCUT2D eigenvalue weighted by Crippen LogP contribution is -2.67. The van der Waals surface area contributed by atoms with Crippen LogP contribution in [0.5, 0.6) is 0 Å². The zero-order chi connectivity index (χ0) is 13.9. The molecule has 1 atom stereocenters. The molecule has 19 heavy (non-hydrogen) atoms. The van der Waals surface area contributed by atoms with Crippen LogP contribution in [0.1, 0.15) is 12.5 Å². The lowest BCUT2D eigenvalue weighted by Gasteiger charge is -2.36. The number of carbonyl (C=O) groups excluding carboxylic acids is 1. The number of carbonyl (C=O) groups is 1. The molecule has 0 radical (unpaired) electrons. The van der Waals surface area contributed by atoms with E-state index in [1.165, 1.54) is 11.8 Å². The fourth-order valence-corrected chi connectivity index (χ4v) is 2.25. The molecule has 7 heteroatoms. The summed E-state index contributed by atoms with van der Waals surface area (Å²) in [6.07, 6.45) is 1.89. The van der Waals surface area contributed by atoms with Crippen LogP contribution in [-0.2, 0) is 11.3 Å². The minimum atomic E-state index is -0.782. The van der Waals surface area contributed by atoms with Crippen LogP contribution >= 0.6 is 23.4 Å². The van der Waals surface area contributed by atoms with Crippen LogP contribution in [0.15, 0.2) is 29.4 Å². The molecule has 5 nitrogen and oxygen atoms in total. The minimum absolute atomic E-state index is 0.184. The Hall–Kier alpha value is -1.24. The van der Waals surface area contributed by atoms with Gasteiger partial charge in [-0.2, -0.15) is 5.10 Å². The molecule has 3 N–H and O–H groups in total. The standard InChI is InChI=1S/C12H15ClN4OS/c1-8-11(18)15-12(19-2,17-16-8)14-7-9-3-5-10(13)6-4-9/h3-6,14,17H,7H2,1-2H3,(H,15,18)/t12-/m1/s1. The van der Waals surface area contributed by atoms with Crippen LogP contribution in [0.25, 0.3) is 0 Å². The van der Waals surface area contributed by atoms with E-state index in [2.05, 4.69) is 21.2 Å². The highest BCUT2D eigenvalue weighted by Gasteiger charge is 2.34. The van der Waals surface area contributed by atoms with E-state index in [1.807, 2.05) is 30.5 Å². The van der Waals surface area contributed by atoms with E-state index in [9.17, 15) is 4.79 Å². The van der Waals surface area contributed by atoms with E-state index >= 15 is 0 Å². The smallest absolute Gasteiger partial charge is 0.270 e. The molecule has 1 aromatic carbocycles. The summed E-state index contributed by atoms with van der Waals surface area (Å²) in [6.45, 7) is 2.24.